The number of hydrogen-bond donors (Lipinski definition) is 2. The molecule has 0 bridgehead atoms. The molecule has 0 unspecified atom stereocenters. The molecule has 166 valence electrons. The molecule has 0 saturated heterocycles. The molecule has 29 heavy (non-hydrogen) atoms. The number of nitrogens with one attached hydrogen (secondary N) is 2. The molecule has 7 nitrogen and oxygen atoms in total. The van der Waals surface area contributed by atoms with Crippen LogP contribution in [0.15, 0.2) is 15.6 Å². The quantitative estimate of drug-likeness (QED) is 0.218. The fourth-order valence-electron chi connectivity index (χ4n) is 3.71. The van der Waals surface area contributed by atoms with Crippen molar-refractivity contribution >= 4 is 35.9 Å². The van der Waals surface area contributed by atoms with Crippen LogP contribution in [0.2, 0.25) is 0 Å². The van der Waals surface area contributed by atoms with Gasteiger partial charge in [0.1, 0.15) is 6.54 Å². The van der Waals surface area contributed by atoms with E-state index in [9.17, 15) is 4.79 Å². The summed E-state index contributed by atoms with van der Waals surface area (Å²) in [4.78, 5) is 16.5. The highest BCUT2D eigenvalue weighted by atomic mass is 127. The lowest BCUT2D eigenvalue weighted by molar-refractivity contribution is -0.149. The van der Waals surface area contributed by atoms with Crippen LogP contribution in [0.4, 0.5) is 0 Å². The SMILES string of the molecule is CCNC(=NCc1cc(C(CC)CC)no1)NC1CCC(C(=O)OCC)CC1.I. The van der Waals surface area contributed by atoms with E-state index in [0.717, 1.165) is 62.5 Å². The van der Waals surface area contributed by atoms with E-state index in [0.29, 0.717) is 25.1 Å². The van der Waals surface area contributed by atoms with Gasteiger partial charge < -0.3 is 19.9 Å². The number of ether oxygens (including phenoxy) is 1. The molecule has 2 N–H and O–H groups in total. The van der Waals surface area contributed by atoms with Crippen molar-refractivity contribution in [2.75, 3.05) is 13.2 Å². The minimum Gasteiger partial charge on any atom is -0.466 e. The fraction of sp³-hybridized carbons (Fsp3) is 0.762. The van der Waals surface area contributed by atoms with Crippen molar-refractivity contribution in [2.24, 2.45) is 10.9 Å². The zero-order valence-electron chi connectivity index (χ0n) is 18.2. The third-order valence-corrected chi connectivity index (χ3v) is 5.41. The lowest BCUT2D eigenvalue weighted by Gasteiger charge is -2.29. The van der Waals surface area contributed by atoms with Crippen LogP contribution in [-0.2, 0) is 16.1 Å². The predicted octanol–water partition coefficient (Wildman–Crippen LogP) is 4.37. The standard InChI is InChI=1S/C21H36N4O3.HI/c1-5-15(6-2)19-13-18(28-25-19)14-23-21(22-7-3)24-17-11-9-16(10-12-17)20(26)27-8-4;/h13,15-17H,5-12,14H2,1-4H3,(H2,22,23,24);1H. The predicted molar refractivity (Wildman–Crippen MR) is 126 cm³/mol. The van der Waals surface area contributed by atoms with Crippen molar-refractivity contribution in [1.82, 2.24) is 15.8 Å². The topological polar surface area (TPSA) is 88.8 Å². The summed E-state index contributed by atoms with van der Waals surface area (Å²) in [6, 6.07) is 2.34. The van der Waals surface area contributed by atoms with Crippen molar-refractivity contribution in [3.63, 3.8) is 0 Å². The first-order valence-corrected chi connectivity index (χ1v) is 10.8. The molecule has 1 fully saturated rings. The molecule has 8 heteroatoms. The van der Waals surface area contributed by atoms with Crippen molar-refractivity contribution < 1.29 is 14.1 Å². The Labute approximate surface area is 191 Å². The molecule has 0 radical (unpaired) electrons. The fourth-order valence-corrected chi connectivity index (χ4v) is 3.71. The number of guanidine groups is 1. The number of esters is 1. The minimum absolute atomic E-state index is 0. The van der Waals surface area contributed by atoms with Crippen LogP contribution >= 0.6 is 24.0 Å². The number of halogens is 1. The second kappa shape index (κ2) is 13.8. The van der Waals surface area contributed by atoms with Gasteiger partial charge in [-0.25, -0.2) is 4.99 Å². The Morgan fingerprint density at radius 2 is 1.93 bits per heavy atom. The monoisotopic (exact) mass is 520 g/mol. The lowest BCUT2D eigenvalue weighted by Crippen LogP contribution is -2.45. The summed E-state index contributed by atoms with van der Waals surface area (Å²) in [7, 11) is 0. The van der Waals surface area contributed by atoms with Crippen LogP contribution in [0.3, 0.4) is 0 Å². The highest BCUT2D eigenvalue weighted by Crippen LogP contribution is 2.25. The maximum Gasteiger partial charge on any atom is 0.308 e. The van der Waals surface area contributed by atoms with Crippen molar-refractivity contribution in [3.8, 4) is 0 Å². The molecule has 1 aromatic rings. The highest BCUT2D eigenvalue weighted by molar-refractivity contribution is 14.0. The summed E-state index contributed by atoms with van der Waals surface area (Å²) in [6.07, 6.45) is 5.71. The molecule has 1 aromatic heterocycles. The van der Waals surface area contributed by atoms with Gasteiger partial charge in [-0.15, -0.1) is 24.0 Å². The van der Waals surface area contributed by atoms with Gasteiger partial charge in [0.2, 0.25) is 0 Å². The summed E-state index contributed by atoms with van der Waals surface area (Å²) >= 11 is 0. The molecule has 2 rings (SSSR count). The van der Waals surface area contributed by atoms with Crippen LogP contribution in [0.5, 0.6) is 0 Å². The zero-order chi connectivity index (χ0) is 20.4. The Bertz CT molecular complexity index is 623. The van der Waals surface area contributed by atoms with E-state index < -0.39 is 0 Å². The second-order valence-electron chi connectivity index (χ2n) is 7.37. The number of carbonyl (C=O) groups is 1. The molecule has 1 heterocycles. The molecule has 0 atom stereocenters. The van der Waals surface area contributed by atoms with Crippen LogP contribution in [0.25, 0.3) is 0 Å². The Balaban J connectivity index is 0.00000420. The average Bonchev–Trinajstić information content (AvgIpc) is 3.17. The van der Waals surface area contributed by atoms with Gasteiger partial charge in [-0.2, -0.15) is 0 Å². The number of aromatic nitrogens is 1. The van der Waals surface area contributed by atoms with E-state index >= 15 is 0 Å². The molecular weight excluding hydrogens is 483 g/mol. The van der Waals surface area contributed by atoms with E-state index in [1.54, 1.807) is 0 Å². The molecule has 1 aliphatic rings. The molecule has 0 amide bonds. The Morgan fingerprint density at radius 3 is 2.52 bits per heavy atom. The van der Waals surface area contributed by atoms with Gasteiger partial charge in [-0.05, 0) is 52.4 Å². The molecule has 0 aromatic carbocycles. The maximum atomic E-state index is 11.9. The van der Waals surface area contributed by atoms with E-state index in [1.807, 2.05) is 13.0 Å². The van der Waals surface area contributed by atoms with Crippen molar-refractivity contribution in [1.29, 1.82) is 0 Å². The lowest BCUT2D eigenvalue weighted by atomic mass is 9.86. The van der Waals surface area contributed by atoms with Crippen molar-refractivity contribution in [2.45, 2.75) is 84.7 Å². The zero-order valence-corrected chi connectivity index (χ0v) is 20.5. The first-order chi connectivity index (χ1) is 13.6. The van der Waals surface area contributed by atoms with E-state index in [4.69, 9.17) is 9.26 Å². The van der Waals surface area contributed by atoms with Gasteiger partial charge in [0.05, 0.1) is 18.2 Å². The average molecular weight is 520 g/mol. The highest BCUT2D eigenvalue weighted by Gasteiger charge is 2.27. The summed E-state index contributed by atoms with van der Waals surface area (Å²) in [5.74, 6) is 1.99. The molecular formula is C21H37IN4O3. The van der Waals surface area contributed by atoms with Crippen LogP contribution in [0, 0.1) is 5.92 Å². The Kier molecular flexibility index (Phi) is 12.3. The maximum absolute atomic E-state index is 11.9. The smallest absolute Gasteiger partial charge is 0.308 e. The molecule has 0 aliphatic heterocycles. The van der Waals surface area contributed by atoms with Gasteiger partial charge in [0.25, 0.3) is 0 Å². The normalized spacial score (nSPS) is 19.6. The summed E-state index contributed by atoms with van der Waals surface area (Å²) in [6.45, 7) is 9.95. The number of nitrogens with zero attached hydrogens (tertiary/aromatic N) is 2. The third kappa shape index (κ3) is 8.14. The van der Waals surface area contributed by atoms with E-state index in [2.05, 4.69) is 41.6 Å². The van der Waals surface area contributed by atoms with Gasteiger partial charge >= 0.3 is 5.97 Å². The Morgan fingerprint density at radius 1 is 1.24 bits per heavy atom. The molecule has 0 spiro atoms. The first-order valence-electron chi connectivity index (χ1n) is 10.8. The van der Waals surface area contributed by atoms with Gasteiger partial charge in [0.15, 0.2) is 11.7 Å². The number of aliphatic imine (C=N–C) groups is 1. The molecule has 1 aliphatic carbocycles. The van der Waals surface area contributed by atoms with Gasteiger partial charge in [0, 0.05) is 24.6 Å². The van der Waals surface area contributed by atoms with Crippen LogP contribution in [0.1, 0.15) is 83.6 Å². The van der Waals surface area contributed by atoms with Crippen LogP contribution in [-0.4, -0.2) is 36.3 Å². The van der Waals surface area contributed by atoms with E-state index in [-0.39, 0.29) is 35.9 Å². The Hall–Kier alpha value is -1.32. The van der Waals surface area contributed by atoms with Gasteiger partial charge in [-0.3, -0.25) is 4.79 Å². The van der Waals surface area contributed by atoms with Gasteiger partial charge in [-0.1, -0.05) is 19.0 Å². The minimum atomic E-state index is -0.0555. The summed E-state index contributed by atoms with van der Waals surface area (Å²) in [5.41, 5.74) is 1.02. The van der Waals surface area contributed by atoms with Crippen molar-refractivity contribution in [3.05, 3.63) is 17.5 Å². The summed E-state index contributed by atoms with van der Waals surface area (Å²) < 4.78 is 10.6. The number of carbonyl (C=O) groups excluding carboxylic acids is 1. The number of hydrogen-bond acceptors (Lipinski definition) is 5. The molecule has 1 saturated carbocycles. The first kappa shape index (κ1) is 25.7. The summed E-state index contributed by atoms with van der Waals surface area (Å²) in [5, 5.41) is 11.0. The van der Waals surface area contributed by atoms with E-state index in [1.165, 1.54) is 0 Å². The third-order valence-electron chi connectivity index (χ3n) is 5.41. The largest absolute Gasteiger partial charge is 0.466 e. The number of rotatable bonds is 9. The second-order valence-corrected chi connectivity index (χ2v) is 7.37. The van der Waals surface area contributed by atoms with Crippen LogP contribution < -0.4 is 10.6 Å².